The first-order valence-electron chi connectivity index (χ1n) is 18.2. The summed E-state index contributed by atoms with van der Waals surface area (Å²) in [4.78, 5) is 31.7. The fourth-order valence-corrected chi connectivity index (χ4v) is 6.80. The Morgan fingerprint density at radius 3 is 2.60 bits per heavy atom. The van der Waals surface area contributed by atoms with Crippen LogP contribution in [0.15, 0.2) is 78.9 Å². The topological polar surface area (TPSA) is 122 Å². The number of anilines is 2. The maximum atomic E-state index is 14.5. The monoisotopic (exact) mass is 710 g/mol. The lowest BCUT2D eigenvalue weighted by atomic mass is 10.0. The van der Waals surface area contributed by atoms with Gasteiger partial charge in [-0.15, -0.1) is 0 Å². The smallest absolute Gasteiger partial charge is 0.323 e. The van der Waals surface area contributed by atoms with Crippen molar-refractivity contribution in [1.82, 2.24) is 9.80 Å². The molecule has 0 bridgehead atoms. The number of likely N-dealkylation sites (N-methyl/N-ethyl adjacent to an activating group) is 1. The van der Waals surface area contributed by atoms with Crippen molar-refractivity contribution in [3.63, 3.8) is 0 Å². The number of urea groups is 1. The molecule has 0 unspecified atom stereocenters. The van der Waals surface area contributed by atoms with Crippen LogP contribution in [0.1, 0.15) is 56.0 Å². The number of hydrogen-bond acceptors (Lipinski definition) is 8. The largest absolute Gasteiger partial charge is 0.490 e. The lowest BCUT2D eigenvalue weighted by Gasteiger charge is -2.36. The molecule has 0 fully saturated rings. The van der Waals surface area contributed by atoms with Gasteiger partial charge in [0.05, 0.1) is 36.1 Å². The number of amides is 3. The normalized spacial score (nSPS) is 20.2. The number of fused-ring (bicyclic) bond motifs is 3. The van der Waals surface area contributed by atoms with E-state index in [1.807, 2.05) is 74.5 Å². The number of ether oxygens (including phenoxy) is 4. The van der Waals surface area contributed by atoms with Crippen LogP contribution in [0.5, 0.6) is 17.2 Å². The molecule has 0 spiro atoms. The summed E-state index contributed by atoms with van der Waals surface area (Å²) in [7, 11) is 2.06. The SMILES string of the molecule is C[C@@H]1CCCCO[C@@H](CN(C)Cc2ccc3c(c2)OCO3)[C@H](C)CN([C@H](C)CO)C(=O)c2cc(NC(=O)Nc3cccc4ccccc34)ccc2O1. The summed E-state index contributed by atoms with van der Waals surface area (Å²) in [6.07, 6.45) is 2.22. The van der Waals surface area contributed by atoms with Crippen molar-refractivity contribution in [1.29, 1.82) is 0 Å². The minimum absolute atomic E-state index is 0.0730. The quantitative estimate of drug-likeness (QED) is 0.177. The molecule has 3 N–H and O–H groups in total. The molecular weight excluding hydrogens is 660 g/mol. The molecule has 0 saturated heterocycles. The van der Waals surface area contributed by atoms with E-state index in [2.05, 4.69) is 29.5 Å². The molecule has 0 saturated carbocycles. The summed E-state index contributed by atoms with van der Waals surface area (Å²) in [5.41, 5.74) is 2.54. The Morgan fingerprint density at radius 2 is 1.75 bits per heavy atom. The maximum Gasteiger partial charge on any atom is 0.323 e. The zero-order valence-corrected chi connectivity index (χ0v) is 30.5. The number of aliphatic hydroxyl groups excluding tert-OH is 1. The van der Waals surface area contributed by atoms with Gasteiger partial charge in [0.2, 0.25) is 6.79 Å². The highest BCUT2D eigenvalue weighted by molar-refractivity contribution is 6.07. The minimum Gasteiger partial charge on any atom is -0.490 e. The van der Waals surface area contributed by atoms with E-state index in [-0.39, 0.29) is 37.4 Å². The van der Waals surface area contributed by atoms with Gasteiger partial charge in [-0.25, -0.2) is 4.79 Å². The first-order valence-corrected chi connectivity index (χ1v) is 18.2. The van der Waals surface area contributed by atoms with Crippen LogP contribution in [0.3, 0.4) is 0 Å². The Labute approximate surface area is 305 Å². The lowest BCUT2D eigenvalue weighted by Crippen LogP contribution is -2.47. The summed E-state index contributed by atoms with van der Waals surface area (Å²) in [6.45, 7) is 8.19. The zero-order chi connectivity index (χ0) is 36.6. The molecular formula is C41H50N4O7. The van der Waals surface area contributed by atoms with Crippen molar-refractivity contribution in [3.05, 3.63) is 90.0 Å². The van der Waals surface area contributed by atoms with Crippen molar-refractivity contribution < 1.29 is 33.6 Å². The third kappa shape index (κ3) is 9.14. The van der Waals surface area contributed by atoms with Crippen LogP contribution in [-0.2, 0) is 11.3 Å². The Morgan fingerprint density at radius 1 is 0.962 bits per heavy atom. The van der Waals surface area contributed by atoms with Gasteiger partial charge in [0.1, 0.15) is 5.75 Å². The van der Waals surface area contributed by atoms with Crippen molar-refractivity contribution in [2.24, 2.45) is 5.92 Å². The second-order valence-electron chi connectivity index (χ2n) is 14.0. The van der Waals surface area contributed by atoms with Gasteiger partial charge in [-0.3, -0.25) is 9.69 Å². The first-order chi connectivity index (χ1) is 25.2. The van der Waals surface area contributed by atoms with Gasteiger partial charge in [0, 0.05) is 43.2 Å². The van der Waals surface area contributed by atoms with Gasteiger partial charge in [0.25, 0.3) is 5.91 Å². The number of carbonyl (C=O) groups is 2. The van der Waals surface area contributed by atoms with E-state index >= 15 is 0 Å². The summed E-state index contributed by atoms with van der Waals surface area (Å²) in [5.74, 6) is 1.58. The Balaban J connectivity index is 1.22. The van der Waals surface area contributed by atoms with Gasteiger partial charge in [-0.1, -0.05) is 49.4 Å². The lowest BCUT2D eigenvalue weighted by molar-refractivity contribution is -0.0177. The van der Waals surface area contributed by atoms with E-state index in [9.17, 15) is 14.7 Å². The summed E-state index contributed by atoms with van der Waals surface area (Å²) in [5, 5.41) is 18.1. The van der Waals surface area contributed by atoms with Gasteiger partial charge in [0.15, 0.2) is 11.5 Å². The Kier molecular flexibility index (Phi) is 12.2. The number of benzene rings is 4. The van der Waals surface area contributed by atoms with E-state index < -0.39 is 12.1 Å². The molecule has 4 aromatic carbocycles. The minimum atomic E-state index is -0.480. The van der Waals surface area contributed by atoms with E-state index in [4.69, 9.17) is 18.9 Å². The molecule has 11 heteroatoms. The van der Waals surface area contributed by atoms with Crippen molar-refractivity contribution in [3.8, 4) is 17.2 Å². The summed E-state index contributed by atoms with van der Waals surface area (Å²) in [6, 6.07) is 23.8. The molecule has 4 atom stereocenters. The molecule has 6 rings (SSSR count). The molecule has 0 aromatic heterocycles. The highest BCUT2D eigenvalue weighted by Gasteiger charge is 2.30. The van der Waals surface area contributed by atoms with Gasteiger partial charge in [-0.05, 0) is 87.5 Å². The fourth-order valence-electron chi connectivity index (χ4n) is 6.80. The van der Waals surface area contributed by atoms with Crippen LogP contribution in [0.2, 0.25) is 0 Å². The average molecular weight is 711 g/mol. The Bertz CT molecular complexity index is 1850. The highest BCUT2D eigenvalue weighted by atomic mass is 16.7. The predicted molar refractivity (Wildman–Crippen MR) is 202 cm³/mol. The highest BCUT2D eigenvalue weighted by Crippen LogP contribution is 2.33. The second-order valence-corrected chi connectivity index (χ2v) is 14.0. The molecule has 4 aromatic rings. The summed E-state index contributed by atoms with van der Waals surface area (Å²) < 4.78 is 24.0. The van der Waals surface area contributed by atoms with Crippen molar-refractivity contribution in [2.75, 3.05) is 50.8 Å². The molecule has 2 aliphatic rings. The molecule has 2 heterocycles. The number of rotatable bonds is 8. The van der Waals surface area contributed by atoms with Crippen LogP contribution >= 0.6 is 0 Å². The van der Waals surface area contributed by atoms with E-state index in [1.54, 1.807) is 23.1 Å². The van der Waals surface area contributed by atoms with Gasteiger partial charge >= 0.3 is 6.03 Å². The molecule has 3 amide bonds. The zero-order valence-electron chi connectivity index (χ0n) is 30.5. The maximum absolute atomic E-state index is 14.5. The van der Waals surface area contributed by atoms with Crippen LogP contribution in [-0.4, -0.2) is 85.2 Å². The van der Waals surface area contributed by atoms with Crippen molar-refractivity contribution in [2.45, 2.75) is 64.8 Å². The molecule has 276 valence electrons. The molecule has 0 radical (unpaired) electrons. The number of hydrogen-bond donors (Lipinski definition) is 3. The first kappa shape index (κ1) is 36.9. The molecule has 2 aliphatic heterocycles. The second kappa shape index (κ2) is 17.1. The number of nitrogens with zero attached hydrogens (tertiary/aromatic N) is 2. The molecule has 11 nitrogen and oxygen atoms in total. The van der Waals surface area contributed by atoms with E-state index in [1.165, 1.54) is 0 Å². The molecule has 0 aliphatic carbocycles. The van der Waals surface area contributed by atoms with E-state index in [0.29, 0.717) is 48.9 Å². The Hall–Kier alpha value is -4.84. The van der Waals surface area contributed by atoms with Gasteiger partial charge in [-0.2, -0.15) is 0 Å². The molecule has 52 heavy (non-hydrogen) atoms. The van der Waals surface area contributed by atoms with Crippen LogP contribution in [0.4, 0.5) is 16.2 Å². The van der Waals surface area contributed by atoms with Crippen LogP contribution in [0, 0.1) is 5.92 Å². The fraction of sp³-hybridized carbons (Fsp3) is 0.415. The third-order valence-electron chi connectivity index (χ3n) is 9.73. The predicted octanol–water partition coefficient (Wildman–Crippen LogP) is 7.14. The van der Waals surface area contributed by atoms with Gasteiger partial charge < -0.3 is 39.6 Å². The van der Waals surface area contributed by atoms with Crippen molar-refractivity contribution >= 4 is 34.1 Å². The number of carbonyl (C=O) groups excluding carboxylic acids is 2. The summed E-state index contributed by atoms with van der Waals surface area (Å²) >= 11 is 0. The van der Waals surface area contributed by atoms with Crippen LogP contribution < -0.4 is 24.8 Å². The number of aliphatic hydroxyl groups is 1. The third-order valence-corrected chi connectivity index (χ3v) is 9.73. The standard InChI is InChI=1S/C41H50N4O7/c1-27-22-45(28(2)25-46)40(47)34-21-32(42-41(48)43-35-14-9-12-31-11-5-6-13-33(31)35)16-18-36(34)52-29(3)10-7-8-19-49-39(27)24-44(4)23-30-15-17-37-38(20-30)51-26-50-37/h5-6,9,11-18,20-21,27-29,39,46H,7-8,10,19,22-26H2,1-4H3,(H2,42,43,48)/t27-,28-,29-,39+/m1/s1. The van der Waals surface area contributed by atoms with Crippen LogP contribution in [0.25, 0.3) is 10.8 Å². The van der Waals surface area contributed by atoms with E-state index in [0.717, 1.165) is 47.1 Å². The average Bonchev–Trinajstić information content (AvgIpc) is 3.61. The number of nitrogens with one attached hydrogen (secondary N) is 2.